The lowest BCUT2D eigenvalue weighted by Crippen LogP contribution is -2.29. The summed E-state index contributed by atoms with van der Waals surface area (Å²) in [6.07, 6.45) is 1.10. The summed E-state index contributed by atoms with van der Waals surface area (Å²) in [4.78, 5) is 0. The van der Waals surface area contributed by atoms with Gasteiger partial charge in [-0.2, -0.15) is 0 Å². The molecule has 0 saturated heterocycles. The van der Waals surface area contributed by atoms with Crippen molar-refractivity contribution in [1.29, 1.82) is 0 Å². The van der Waals surface area contributed by atoms with Gasteiger partial charge < -0.3 is 15.3 Å². The predicted octanol–water partition coefficient (Wildman–Crippen LogP) is 0.352. The number of aliphatic hydroxyl groups is 3. The summed E-state index contributed by atoms with van der Waals surface area (Å²) in [5, 5.41) is 28.1. The molecule has 0 aliphatic heterocycles. The van der Waals surface area contributed by atoms with Crippen molar-refractivity contribution >= 4 is 7.28 Å². The van der Waals surface area contributed by atoms with E-state index >= 15 is 0 Å². The SMILES string of the molecule is CCC(C)[B]C1C=C(CO)C(O)C1O. The molecule has 4 unspecified atom stereocenters. The molecule has 0 saturated carbocycles. The zero-order valence-electron chi connectivity index (χ0n) is 8.72. The van der Waals surface area contributed by atoms with Crippen molar-refractivity contribution in [3.63, 3.8) is 0 Å². The second-order valence-electron chi connectivity index (χ2n) is 3.99. The Morgan fingerprint density at radius 1 is 1.50 bits per heavy atom. The molecule has 4 atom stereocenters. The maximum atomic E-state index is 9.66. The van der Waals surface area contributed by atoms with Crippen LogP contribution in [-0.2, 0) is 0 Å². The summed E-state index contributed by atoms with van der Waals surface area (Å²) < 4.78 is 0. The Kier molecular flexibility index (Phi) is 4.17. The molecule has 0 amide bonds. The highest BCUT2D eigenvalue weighted by atomic mass is 16.3. The lowest BCUT2D eigenvalue weighted by molar-refractivity contribution is 0.0499. The van der Waals surface area contributed by atoms with Crippen LogP contribution in [0.4, 0.5) is 0 Å². The minimum Gasteiger partial charge on any atom is -0.392 e. The van der Waals surface area contributed by atoms with Crippen molar-refractivity contribution in [3.05, 3.63) is 11.6 Å². The minimum atomic E-state index is -0.898. The molecule has 0 aromatic carbocycles. The smallest absolute Gasteiger partial charge is 0.126 e. The van der Waals surface area contributed by atoms with Gasteiger partial charge in [0.1, 0.15) is 13.4 Å². The molecule has 3 nitrogen and oxygen atoms in total. The van der Waals surface area contributed by atoms with Crippen LogP contribution in [-0.4, -0.2) is 41.4 Å². The van der Waals surface area contributed by atoms with E-state index in [-0.39, 0.29) is 12.4 Å². The molecule has 0 aromatic heterocycles. The highest BCUT2D eigenvalue weighted by Gasteiger charge is 2.34. The van der Waals surface area contributed by atoms with Crippen molar-refractivity contribution in [2.24, 2.45) is 0 Å². The third-order valence-corrected chi connectivity index (χ3v) is 2.88. The third-order valence-electron chi connectivity index (χ3n) is 2.88. The van der Waals surface area contributed by atoms with Crippen molar-refractivity contribution in [2.45, 2.75) is 44.1 Å². The summed E-state index contributed by atoms with van der Waals surface area (Å²) in [6.45, 7) is 3.97. The molecule has 0 aromatic rings. The van der Waals surface area contributed by atoms with Gasteiger partial charge in [-0.25, -0.2) is 0 Å². The van der Waals surface area contributed by atoms with E-state index in [1.165, 1.54) is 0 Å². The quantitative estimate of drug-likeness (QED) is 0.450. The molecule has 0 spiro atoms. The van der Waals surface area contributed by atoms with Gasteiger partial charge in [-0.15, -0.1) is 0 Å². The fourth-order valence-corrected chi connectivity index (χ4v) is 1.71. The molecule has 1 aliphatic rings. The molecular formula is C10H18BO3. The van der Waals surface area contributed by atoms with Gasteiger partial charge in [0, 0.05) is 0 Å². The lowest BCUT2D eigenvalue weighted by atomic mass is 9.54. The van der Waals surface area contributed by atoms with Crippen LogP contribution in [0.1, 0.15) is 20.3 Å². The fourth-order valence-electron chi connectivity index (χ4n) is 1.71. The van der Waals surface area contributed by atoms with Crippen LogP contribution in [0.3, 0.4) is 0 Å². The lowest BCUT2D eigenvalue weighted by Gasteiger charge is -2.18. The molecule has 0 fully saturated rings. The number of rotatable bonds is 4. The third kappa shape index (κ3) is 2.38. The first-order chi connectivity index (χ1) is 6.60. The topological polar surface area (TPSA) is 60.7 Å². The van der Waals surface area contributed by atoms with Gasteiger partial charge in [0.2, 0.25) is 0 Å². The molecule has 3 N–H and O–H groups in total. The normalized spacial score (nSPS) is 34.1. The Morgan fingerprint density at radius 3 is 2.57 bits per heavy atom. The second-order valence-corrected chi connectivity index (χ2v) is 3.99. The fraction of sp³-hybridized carbons (Fsp3) is 0.800. The summed E-state index contributed by atoms with van der Waals surface area (Å²) in [5.74, 6) is 0.290. The van der Waals surface area contributed by atoms with Gasteiger partial charge in [0.25, 0.3) is 0 Å². The van der Waals surface area contributed by atoms with E-state index in [0.717, 1.165) is 6.42 Å². The first-order valence-electron chi connectivity index (χ1n) is 5.12. The molecule has 1 aliphatic carbocycles. The Morgan fingerprint density at radius 2 is 2.14 bits per heavy atom. The zero-order chi connectivity index (χ0) is 10.7. The van der Waals surface area contributed by atoms with E-state index in [2.05, 4.69) is 13.8 Å². The molecule has 1 radical (unpaired) electrons. The molecule has 79 valence electrons. The molecule has 4 heteroatoms. The Labute approximate surface area is 85.7 Å². The van der Waals surface area contributed by atoms with Crippen LogP contribution < -0.4 is 0 Å². The van der Waals surface area contributed by atoms with Crippen LogP contribution >= 0.6 is 0 Å². The average Bonchev–Trinajstić information content (AvgIpc) is 2.45. The Balaban J connectivity index is 2.58. The van der Waals surface area contributed by atoms with Crippen LogP contribution in [0.25, 0.3) is 0 Å². The van der Waals surface area contributed by atoms with Gasteiger partial charge in [0.15, 0.2) is 0 Å². The van der Waals surface area contributed by atoms with Crippen molar-refractivity contribution in [2.75, 3.05) is 6.61 Å². The molecule has 14 heavy (non-hydrogen) atoms. The zero-order valence-corrected chi connectivity index (χ0v) is 8.72. The van der Waals surface area contributed by atoms with Crippen molar-refractivity contribution in [1.82, 2.24) is 0 Å². The van der Waals surface area contributed by atoms with Gasteiger partial charge in [-0.1, -0.05) is 32.2 Å². The molecular weight excluding hydrogens is 179 g/mol. The Hall–Kier alpha value is -0.315. The first kappa shape index (κ1) is 11.8. The van der Waals surface area contributed by atoms with E-state index in [9.17, 15) is 10.2 Å². The highest BCUT2D eigenvalue weighted by Crippen LogP contribution is 2.31. The van der Waals surface area contributed by atoms with Crippen LogP contribution in [0.15, 0.2) is 11.6 Å². The minimum absolute atomic E-state index is 0.123. The summed E-state index contributed by atoms with van der Waals surface area (Å²) in [5.41, 5.74) is 0.530. The van der Waals surface area contributed by atoms with E-state index in [1.54, 1.807) is 6.08 Å². The first-order valence-corrected chi connectivity index (χ1v) is 5.12. The average molecular weight is 197 g/mol. The predicted molar refractivity (Wildman–Crippen MR) is 56.4 cm³/mol. The van der Waals surface area contributed by atoms with Gasteiger partial charge in [0.05, 0.1) is 12.7 Å². The molecule has 1 rings (SSSR count). The largest absolute Gasteiger partial charge is 0.392 e. The van der Waals surface area contributed by atoms with E-state index in [4.69, 9.17) is 5.11 Å². The summed E-state index contributed by atoms with van der Waals surface area (Å²) in [7, 11) is 2.02. The Bertz CT molecular complexity index is 217. The second kappa shape index (κ2) is 4.96. The number of hydrogen-bond donors (Lipinski definition) is 3. The van der Waals surface area contributed by atoms with Crippen LogP contribution in [0.2, 0.25) is 11.6 Å². The highest BCUT2D eigenvalue weighted by molar-refractivity contribution is 6.40. The maximum absolute atomic E-state index is 9.66. The number of hydrogen-bond acceptors (Lipinski definition) is 3. The van der Waals surface area contributed by atoms with Crippen LogP contribution in [0.5, 0.6) is 0 Å². The molecule has 0 bridgehead atoms. The van der Waals surface area contributed by atoms with Gasteiger partial charge in [-0.3, -0.25) is 0 Å². The number of aliphatic hydroxyl groups excluding tert-OH is 3. The summed E-state index contributed by atoms with van der Waals surface area (Å²) in [6, 6.07) is 0. The van der Waals surface area contributed by atoms with E-state index < -0.39 is 12.2 Å². The van der Waals surface area contributed by atoms with Crippen molar-refractivity contribution < 1.29 is 15.3 Å². The van der Waals surface area contributed by atoms with E-state index in [0.29, 0.717) is 11.4 Å². The standard InChI is InChI=1S/C10H18BO3/c1-3-6(2)11-8-4-7(5-12)9(13)10(8)14/h4,6,8-10,12-14H,3,5H2,1-2H3. The van der Waals surface area contributed by atoms with Gasteiger partial charge in [-0.05, 0) is 11.4 Å². The van der Waals surface area contributed by atoms with Crippen molar-refractivity contribution in [3.8, 4) is 0 Å². The van der Waals surface area contributed by atoms with Gasteiger partial charge >= 0.3 is 0 Å². The molecule has 0 heterocycles. The maximum Gasteiger partial charge on any atom is 0.126 e. The summed E-state index contributed by atoms with van der Waals surface area (Å²) >= 11 is 0. The van der Waals surface area contributed by atoms with Crippen LogP contribution in [0, 0.1) is 0 Å². The van der Waals surface area contributed by atoms with E-state index in [1.807, 2.05) is 7.28 Å². The monoisotopic (exact) mass is 197 g/mol.